The van der Waals surface area contributed by atoms with E-state index < -0.39 is 0 Å². The summed E-state index contributed by atoms with van der Waals surface area (Å²) in [6, 6.07) is 7.71. The molecular formula is C11H10ClN3. The van der Waals surface area contributed by atoms with Gasteiger partial charge in [-0.05, 0) is 23.3 Å². The number of nitrogens with zero attached hydrogens (tertiary/aromatic N) is 2. The third kappa shape index (κ3) is 2.67. The molecule has 0 bridgehead atoms. The highest BCUT2D eigenvalue weighted by molar-refractivity contribution is 6.30. The number of anilines is 1. The van der Waals surface area contributed by atoms with Crippen molar-refractivity contribution in [1.82, 2.24) is 9.97 Å². The Morgan fingerprint density at radius 3 is 2.20 bits per heavy atom. The summed E-state index contributed by atoms with van der Waals surface area (Å²) in [5.74, 6) is 0.301. The molecule has 3 nitrogen and oxygen atoms in total. The Morgan fingerprint density at radius 1 is 1.00 bits per heavy atom. The van der Waals surface area contributed by atoms with Gasteiger partial charge in [-0.25, -0.2) is 9.97 Å². The Hall–Kier alpha value is -1.61. The Balaban J connectivity index is 2.15. The van der Waals surface area contributed by atoms with E-state index in [4.69, 9.17) is 17.3 Å². The molecule has 0 spiro atoms. The van der Waals surface area contributed by atoms with E-state index in [1.54, 1.807) is 12.4 Å². The second-order valence-electron chi connectivity index (χ2n) is 3.25. The summed E-state index contributed by atoms with van der Waals surface area (Å²) in [6.45, 7) is 0. The lowest BCUT2D eigenvalue weighted by atomic mass is 10.1. The van der Waals surface area contributed by atoms with E-state index in [0.29, 0.717) is 5.95 Å². The summed E-state index contributed by atoms with van der Waals surface area (Å²) in [6.07, 6.45) is 4.26. The lowest BCUT2D eigenvalue weighted by Gasteiger charge is -2.01. The quantitative estimate of drug-likeness (QED) is 0.843. The molecule has 0 aliphatic carbocycles. The Labute approximate surface area is 92.9 Å². The molecule has 76 valence electrons. The first-order chi connectivity index (χ1) is 7.24. The summed E-state index contributed by atoms with van der Waals surface area (Å²) >= 11 is 5.79. The Morgan fingerprint density at radius 2 is 1.60 bits per heavy atom. The third-order valence-corrected chi connectivity index (χ3v) is 2.30. The van der Waals surface area contributed by atoms with Gasteiger partial charge in [0.2, 0.25) is 5.95 Å². The van der Waals surface area contributed by atoms with Gasteiger partial charge in [0.05, 0.1) is 0 Å². The molecule has 15 heavy (non-hydrogen) atoms. The molecule has 0 atom stereocenters. The number of nitrogens with two attached hydrogens (primary N) is 1. The van der Waals surface area contributed by atoms with Crippen molar-refractivity contribution in [1.29, 1.82) is 0 Å². The fourth-order valence-electron chi connectivity index (χ4n) is 1.29. The maximum Gasteiger partial charge on any atom is 0.219 e. The van der Waals surface area contributed by atoms with E-state index in [1.165, 1.54) is 5.56 Å². The zero-order chi connectivity index (χ0) is 10.7. The number of benzene rings is 1. The van der Waals surface area contributed by atoms with Gasteiger partial charge >= 0.3 is 0 Å². The molecule has 2 aromatic rings. The van der Waals surface area contributed by atoms with Gasteiger partial charge in [-0.3, -0.25) is 0 Å². The van der Waals surface area contributed by atoms with E-state index in [-0.39, 0.29) is 0 Å². The summed E-state index contributed by atoms with van der Waals surface area (Å²) in [4.78, 5) is 7.87. The lowest BCUT2D eigenvalue weighted by molar-refractivity contribution is 1.08. The van der Waals surface area contributed by atoms with Crippen molar-refractivity contribution >= 4 is 17.5 Å². The Kier molecular flexibility index (Phi) is 2.83. The molecule has 0 fully saturated rings. The van der Waals surface area contributed by atoms with Gasteiger partial charge in [0.25, 0.3) is 0 Å². The highest BCUT2D eigenvalue weighted by Crippen LogP contribution is 2.12. The van der Waals surface area contributed by atoms with Crippen LogP contribution in [0.25, 0.3) is 0 Å². The number of rotatable bonds is 2. The van der Waals surface area contributed by atoms with Gasteiger partial charge in [0.15, 0.2) is 0 Å². The predicted molar refractivity (Wildman–Crippen MR) is 60.7 cm³/mol. The standard InChI is InChI=1S/C11H10ClN3/c12-10-3-1-8(2-4-10)5-9-6-14-11(13)15-7-9/h1-4,6-7H,5H2,(H2,13,14,15). The van der Waals surface area contributed by atoms with Crippen LogP contribution in [0, 0.1) is 0 Å². The summed E-state index contributed by atoms with van der Waals surface area (Å²) in [5.41, 5.74) is 7.61. The molecule has 1 heterocycles. The van der Waals surface area contributed by atoms with Crippen LogP contribution in [0.15, 0.2) is 36.7 Å². The first-order valence-corrected chi connectivity index (χ1v) is 4.93. The minimum Gasteiger partial charge on any atom is -0.368 e. The minimum atomic E-state index is 0.301. The fraction of sp³-hybridized carbons (Fsp3) is 0.0909. The van der Waals surface area contributed by atoms with Gasteiger partial charge in [0, 0.05) is 23.8 Å². The molecule has 0 aliphatic rings. The monoisotopic (exact) mass is 219 g/mol. The van der Waals surface area contributed by atoms with Crippen molar-refractivity contribution < 1.29 is 0 Å². The van der Waals surface area contributed by atoms with Crippen LogP contribution in [-0.4, -0.2) is 9.97 Å². The van der Waals surface area contributed by atoms with Crippen molar-refractivity contribution in [3.8, 4) is 0 Å². The highest BCUT2D eigenvalue weighted by atomic mass is 35.5. The number of halogens is 1. The average molecular weight is 220 g/mol. The van der Waals surface area contributed by atoms with Gasteiger partial charge in [-0.2, -0.15) is 0 Å². The molecule has 1 aromatic carbocycles. The van der Waals surface area contributed by atoms with Crippen molar-refractivity contribution in [2.75, 3.05) is 5.73 Å². The fourth-order valence-corrected chi connectivity index (χ4v) is 1.42. The number of hydrogen-bond acceptors (Lipinski definition) is 3. The summed E-state index contributed by atoms with van der Waals surface area (Å²) in [7, 11) is 0. The largest absolute Gasteiger partial charge is 0.368 e. The normalized spacial score (nSPS) is 10.2. The number of hydrogen-bond donors (Lipinski definition) is 1. The van der Waals surface area contributed by atoms with E-state index in [9.17, 15) is 0 Å². The van der Waals surface area contributed by atoms with Crippen LogP contribution in [0.4, 0.5) is 5.95 Å². The Bertz CT molecular complexity index is 393. The van der Waals surface area contributed by atoms with E-state index in [0.717, 1.165) is 17.0 Å². The predicted octanol–water partition coefficient (Wildman–Crippen LogP) is 2.30. The number of aromatic nitrogens is 2. The van der Waals surface area contributed by atoms with Crippen LogP contribution in [0.2, 0.25) is 5.02 Å². The van der Waals surface area contributed by atoms with Crippen LogP contribution in [-0.2, 0) is 6.42 Å². The molecule has 0 unspecified atom stereocenters. The van der Waals surface area contributed by atoms with Gasteiger partial charge in [-0.15, -0.1) is 0 Å². The van der Waals surface area contributed by atoms with Crippen molar-refractivity contribution in [3.05, 3.63) is 52.8 Å². The van der Waals surface area contributed by atoms with Gasteiger partial charge in [-0.1, -0.05) is 23.7 Å². The van der Waals surface area contributed by atoms with Crippen LogP contribution in [0.1, 0.15) is 11.1 Å². The molecule has 1 aromatic heterocycles. The van der Waals surface area contributed by atoms with Crippen LogP contribution >= 0.6 is 11.6 Å². The van der Waals surface area contributed by atoms with Crippen LogP contribution < -0.4 is 5.73 Å². The smallest absolute Gasteiger partial charge is 0.219 e. The molecule has 2 rings (SSSR count). The molecule has 0 aliphatic heterocycles. The third-order valence-electron chi connectivity index (χ3n) is 2.05. The molecule has 0 amide bonds. The van der Waals surface area contributed by atoms with Crippen LogP contribution in [0.5, 0.6) is 0 Å². The molecular weight excluding hydrogens is 210 g/mol. The molecule has 4 heteroatoms. The van der Waals surface area contributed by atoms with E-state index >= 15 is 0 Å². The second-order valence-corrected chi connectivity index (χ2v) is 3.69. The van der Waals surface area contributed by atoms with Crippen LogP contribution in [0.3, 0.4) is 0 Å². The first kappa shape index (κ1) is 9.93. The number of nitrogen functional groups attached to an aromatic ring is 1. The zero-order valence-corrected chi connectivity index (χ0v) is 8.78. The zero-order valence-electron chi connectivity index (χ0n) is 8.02. The van der Waals surface area contributed by atoms with Crippen molar-refractivity contribution in [2.24, 2.45) is 0 Å². The molecule has 2 N–H and O–H groups in total. The SMILES string of the molecule is Nc1ncc(Cc2ccc(Cl)cc2)cn1. The van der Waals surface area contributed by atoms with Gasteiger partial charge in [0.1, 0.15) is 0 Å². The van der Waals surface area contributed by atoms with Crippen molar-refractivity contribution in [3.63, 3.8) is 0 Å². The maximum atomic E-state index is 5.79. The molecule has 0 saturated carbocycles. The first-order valence-electron chi connectivity index (χ1n) is 4.55. The molecule has 0 saturated heterocycles. The lowest BCUT2D eigenvalue weighted by Crippen LogP contribution is -1.96. The van der Waals surface area contributed by atoms with Gasteiger partial charge < -0.3 is 5.73 Å². The average Bonchev–Trinajstić information content (AvgIpc) is 2.25. The second kappa shape index (κ2) is 4.28. The van der Waals surface area contributed by atoms with E-state index in [2.05, 4.69) is 9.97 Å². The van der Waals surface area contributed by atoms with E-state index in [1.807, 2.05) is 24.3 Å². The van der Waals surface area contributed by atoms with Crippen molar-refractivity contribution in [2.45, 2.75) is 6.42 Å². The summed E-state index contributed by atoms with van der Waals surface area (Å²) < 4.78 is 0. The summed E-state index contributed by atoms with van der Waals surface area (Å²) in [5, 5.41) is 0.743. The topological polar surface area (TPSA) is 51.8 Å². The minimum absolute atomic E-state index is 0.301. The maximum absolute atomic E-state index is 5.79. The highest BCUT2D eigenvalue weighted by Gasteiger charge is 1.97. The molecule has 0 radical (unpaired) electrons.